The summed E-state index contributed by atoms with van der Waals surface area (Å²) in [5, 5.41) is 14.5. The van der Waals surface area contributed by atoms with Crippen LogP contribution in [0.2, 0.25) is 0 Å². The number of rotatable bonds is 15. The van der Waals surface area contributed by atoms with Crippen LogP contribution in [0.5, 0.6) is 0 Å². The van der Waals surface area contributed by atoms with Crippen LogP contribution in [0.4, 0.5) is 0 Å². The van der Waals surface area contributed by atoms with Gasteiger partial charge < -0.3 is 15.7 Å². The molecule has 2 atom stereocenters. The lowest BCUT2D eigenvalue weighted by Gasteiger charge is -2.16. The van der Waals surface area contributed by atoms with Gasteiger partial charge in [0.25, 0.3) is 0 Å². The molecule has 3 N–H and O–H groups in total. The average Bonchev–Trinajstić information content (AvgIpc) is 2.62. The summed E-state index contributed by atoms with van der Waals surface area (Å²) < 4.78 is 0. The van der Waals surface area contributed by atoms with Gasteiger partial charge in [0, 0.05) is 30.9 Å². The van der Waals surface area contributed by atoms with Crippen LogP contribution >= 0.6 is 11.8 Å². The molecule has 0 bridgehead atoms. The van der Waals surface area contributed by atoms with E-state index in [1.165, 1.54) is 35.4 Å². The Morgan fingerprint density at radius 2 is 1.48 bits per heavy atom. The summed E-state index contributed by atoms with van der Waals surface area (Å²) in [5.41, 5.74) is 4.04. The van der Waals surface area contributed by atoms with Gasteiger partial charge >= 0.3 is 5.97 Å². The molecule has 0 saturated heterocycles. The fourth-order valence-corrected chi connectivity index (χ4v) is 3.83. The van der Waals surface area contributed by atoms with E-state index in [-0.39, 0.29) is 24.3 Å². The normalized spacial score (nSPS) is 13.9. The molecule has 176 valence electrons. The number of hydrogen-bond acceptors (Lipinski definition) is 4. The number of nitrogens with one attached hydrogen (secondary N) is 2. The molecule has 2 amide bonds. The number of hydrogen-bond donors (Lipinski definition) is 3. The number of carboxylic acid groups (broad SMARTS) is 1. The molecule has 31 heavy (non-hydrogen) atoms. The van der Waals surface area contributed by atoms with Crippen molar-refractivity contribution in [1.29, 1.82) is 0 Å². The third-order valence-corrected chi connectivity index (χ3v) is 5.50. The molecule has 0 aromatic carbocycles. The second-order valence-corrected chi connectivity index (χ2v) is 9.34. The maximum absolute atomic E-state index is 12.0. The van der Waals surface area contributed by atoms with E-state index in [1.807, 2.05) is 0 Å². The van der Waals surface area contributed by atoms with Crippen molar-refractivity contribution >= 4 is 29.5 Å². The van der Waals surface area contributed by atoms with Gasteiger partial charge in [-0.15, -0.1) is 0 Å². The summed E-state index contributed by atoms with van der Waals surface area (Å²) in [5.74, 6) is -0.655. The molecule has 0 radical (unpaired) electrons. The first-order valence-electron chi connectivity index (χ1n) is 10.8. The maximum atomic E-state index is 12.0. The maximum Gasteiger partial charge on any atom is 0.327 e. The zero-order valence-electron chi connectivity index (χ0n) is 19.9. The van der Waals surface area contributed by atoms with Crippen molar-refractivity contribution in [3.8, 4) is 0 Å². The summed E-state index contributed by atoms with van der Waals surface area (Å²) in [6.07, 6.45) is 10.9. The molecular weight excluding hydrogens is 412 g/mol. The average molecular weight is 453 g/mol. The summed E-state index contributed by atoms with van der Waals surface area (Å²) in [7, 11) is 0. The van der Waals surface area contributed by atoms with Crippen LogP contribution in [0.1, 0.15) is 73.6 Å². The van der Waals surface area contributed by atoms with E-state index in [0.29, 0.717) is 11.5 Å². The highest BCUT2D eigenvalue weighted by Gasteiger charge is 2.20. The molecule has 0 aliphatic heterocycles. The number of aliphatic carboxylic acids is 1. The van der Waals surface area contributed by atoms with Gasteiger partial charge in [-0.25, -0.2) is 4.79 Å². The van der Waals surface area contributed by atoms with Crippen LogP contribution in [0, 0.1) is 0 Å². The highest BCUT2D eigenvalue weighted by molar-refractivity contribution is 7.99. The Bertz CT molecular complexity index is 679. The lowest BCUT2D eigenvalue weighted by Crippen LogP contribution is -2.45. The number of allylic oxidation sites excluding steroid dienone is 5. The molecule has 6 nitrogen and oxygen atoms in total. The Kier molecular flexibility index (Phi) is 15.6. The molecule has 1 unspecified atom stereocenters. The predicted molar refractivity (Wildman–Crippen MR) is 130 cm³/mol. The van der Waals surface area contributed by atoms with E-state index in [2.05, 4.69) is 56.6 Å². The van der Waals surface area contributed by atoms with Crippen molar-refractivity contribution < 1.29 is 19.5 Å². The van der Waals surface area contributed by atoms with Crippen molar-refractivity contribution in [1.82, 2.24) is 10.6 Å². The highest BCUT2D eigenvalue weighted by Crippen LogP contribution is 2.13. The van der Waals surface area contributed by atoms with Crippen LogP contribution in [0.3, 0.4) is 0 Å². The van der Waals surface area contributed by atoms with Crippen molar-refractivity contribution in [2.45, 2.75) is 85.7 Å². The van der Waals surface area contributed by atoms with Crippen molar-refractivity contribution in [2.24, 2.45) is 0 Å². The Morgan fingerprint density at radius 3 is 2.03 bits per heavy atom. The standard InChI is InChI=1S/C24H40N2O4S/c1-17(2)9-7-10-18(3)11-8-12-19(4)13-14-31-16-22(24(29)30)26-23(28)15-20(5)25-21(6)27/h9,11,13,20,22H,7-8,10,12,14-16H2,1-6H3,(H,25,27)(H,26,28)(H,29,30)/b18-11+,19-13+/t20?,22-/m0/s1. The summed E-state index contributed by atoms with van der Waals surface area (Å²) in [6, 6.07) is -1.28. The van der Waals surface area contributed by atoms with Crippen molar-refractivity contribution in [3.63, 3.8) is 0 Å². The zero-order valence-corrected chi connectivity index (χ0v) is 20.7. The minimum atomic E-state index is -1.05. The molecule has 0 aromatic rings. The zero-order chi connectivity index (χ0) is 23.8. The molecule has 0 heterocycles. The van der Waals surface area contributed by atoms with E-state index in [1.54, 1.807) is 6.92 Å². The lowest BCUT2D eigenvalue weighted by atomic mass is 10.1. The third kappa shape index (κ3) is 17.4. The van der Waals surface area contributed by atoms with Crippen LogP contribution in [-0.4, -0.2) is 46.5 Å². The smallest absolute Gasteiger partial charge is 0.327 e. The molecule has 0 aliphatic rings. The first kappa shape index (κ1) is 29.0. The second kappa shape index (κ2) is 16.6. The summed E-state index contributed by atoms with van der Waals surface area (Å²) >= 11 is 1.48. The van der Waals surface area contributed by atoms with E-state index < -0.39 is 12.0 Å². The minimum absolute atomic E-state index is 0.0499. The Hall–Kier alpha value is -2.02. The van der Waals surface area contributed by atoms with Crippen LogP contribution in [-0.2, 0) is 14.4 Å². The van der Waals surface area contributed by atoms with E-state index >= 15 is 0 Å². The van der Waals surface area contributed by atoms with Gasteiger partial charge in [-0.1, -0.05) is 34.9 Å². The van der Waals surface area contributed by atoms with Crippen molar-refractivity contribution in [2.75, 3.05) is 11.5 Å². The predicted octanol–water partition coefficient (Wildman–Crippen LogP) is 4.62. The van der Waals surface area contributed by atoms with Gasteiger partial charge in [-0.3, -0.25) is 9.59 Å². The number of carbonyl (C=O) groups is 3. The fraction of sp³-hybridized carbons (Fsp3) is 0.625. The van der Waals surface area contributed by atoms with Gasteiger partial charge in [-0.2, -0.15) is 11.8 Å². The first-order chi connectivity index (χ1) is 14.5. The largest absolute Gasteiger partial charge is 0.480 e. The minimum Gasteiger partial charge on any atom is -0.480 e. The van der Waals surface area contributed by atoms with Crippen LogP contribution in [0.15, 0.2) is 34.9 Å². The molecule has 0 saturated carbocycles. The van der Waals surface area contributed by atoms with E-state index in [4.69, 9.17) is 0 Å². The van der Waals surface area contributed by atoms with Gasteiger partial charge in [0.15, 0.2) is 0 Å². The quantitative estimate of drug-likeness (QED) is 0.249. The van der Waals surface area contributed by atoms with Gasteiger partial charge in [-0.05, 0) is 60.3 Å². The number of carboxylic acids is 1. The number of carbonyl (C=O) groups excluding carboxylic acids is 2. The monoisotopic (exact) mass is 452 g/mol. The molecule has 0 spiro atoms. The molecular formula is C24H40N2O4S. The Morgan fingerprint density at radius 1 is 0.903 bits per heavy atom. The third-order valence-electron chi connectivity index (χ3n) is 4.53. The first-order valence-corrected chi connectivity index (χ1v) is 12.0. The molecule has 0 rings (SSSR count). The van der Waals surface area contributed by atoms with Crippen LogP contribution in [0.25, 0.3) is 0 Å². The summed E-state index contributed by atoms with van der Waals surface area (Å²) in [4.78, 5) is 34.4. The molecule has 0 fully saturated rings. The summed E-state index contributed by atoms with van der Waals surface area (Å²) in [6.45, 7) is 11.6. The number of amides is 2. The van der Waals surface area contributed by atoms with Gasteiger partial charge in [0.05, 0.1) is 0 Å². The van der Waals surface area contributed by atoms with Crippen molar-refractivity contribution in [3.05, 3.63) is 34.9 Å². The highest BCUT2D eigenvalue weighted by atomic mass is 32.2. The van der Waals surface area contributed by atoms with Gasteiger partial charge in [0.1, 0.15) is 6.04 Å². The second-order valence-electron chi connectivity index (χ2n) is 8.26. The van der Waals surface area contributed by atoms with E-state index in [9.17, 15) is 19.5 Å². The topological polar surface area (TPSA) is 95.5 Å². The van der Waals surface area contributed by atoms with Crippen LogP contribution < -0.4 is 10.6 Å². The van der Waals surface area contributed by atoms with Gasteiger partial charge in [0.2, 0.25) is 11.8 Å². The number of thioether (sulfide) groups is 1. The lowest BCUT2D eigenvalue weighted by molar-refractivity contribution is -0.141. The Balaban J connectivity index is 4.29. The molecule has 7 heteroatoms. The Labute approximate surface area is 192 Å². The SMILES string of the molecule is CC(=O)NC(C)CC(=O)N[C@@H](CSC/C=C(\C)CC/C=C(\C)CCC=C(C)C)C(=O)O. The fourth-order valence-electron chi connectivity index (χ4n) is 2.83. The van der Waals surface area contributed by atoms with E-state index in [0.717, 1.165) is 25.7 Å². The molecule has 0 aliphatic carbocycles. The molecule has 0 aromatic heterocycles.